The van der Waals surface area contributed by atoms with E-state index in [0.29, 0.717) is 5.69 Å². The zero-order valence-electron chi connectivity index (χ0n) is 9.18. The molecule has 2 amide bonds. The van der Waals surface area contributed by atoms with E-state index in [-0.39, 0.29) is 25.4 Å². The summed E-state index contributed by atoms with van der Waals surface area (Å²) in [6.45, 7) is -0.461. The van der Waals surface area contributed by atoms with Gasteiger partial charge in [-0.1, -0.05) is 0 Å². The topological polar surface area (TPSA) is 122 Å². The molecule has 0 aromatic carbocycles. The molecule has 0 unspecified atom stereocenters. The number of rotatable bonds is 7. The standard InChI is InChI=1S/C10H14N4O3/c11-9(16)5-14(6-10(12)17)4-8(15)7-2-1-3-13-7/h1-3,13H,4-6H2,(H2,11,16)(H2,12,17). The predicted octanol–water partition coefficient (Wildman–Crippen LogP) is -1.53. The highest BCUT2D eigenvalue weighted by atomic mass is 16.2. The SMILES string of the molecule is NC(=O)CN(CC(N)=O)CC(=O)c1ccc[nH]1. The van der Waals surface area contributed by atoms with Crippen molar-refractivity contribution in [2.45, 2.75) is 0 Å². The van der Waals surface area contributed by atoms with Crippen LogP contribution in [0.15, 0.2) is 18.3 Å². The summed E-state index contributed by atoms with van der Waals surface area (Å²) in [6.07, 6.45) is 1.61. The third kappa shape index (κ3) is 4.47. The summed E-state index contributed by atoms with van der Waals surface area (Å²) < 4.78 is 0. The number of hydrogen-bond acceptors (Lipinski definition) is 4. The summed E-state index contributed by atoms with van der Waals surface area (Å²) in [7, 11) is 0. The van der Waals surface area contributed by atoms with Gasteiger partial charge in [-0.3, -0.25) is 19.3 Å². The van der Waals surface area contributed by atoms with Crippen molar-refractivity contribution in [1.82, 2.24) is 9.88 Å². The Labute approximate surface area is 97.8 Å². The van der Waals surface area contributed by atoms with Crippen LogP contribution >= 0.6 is 0 Å². The fraction of sp³-hybridized carbons (Fsp3) is 0.300. The monoisotopic (exact) mass is 238 g/mol. The number of primary amides is 2. The molecule has 0 saturated carbocycles. The molecule has 1 aromatic rings. The molecule has 7 heteroatoms. The molecule has 92 valence electrons. The molecule has 0 bridgehead atoms. The van der Waals surface area contributed by atoms with E-state index in [2.05, 4.69) is 4.98 Å². The fourth-order valence-electron chi connectivity index (χ4n) is 1.40. The molecule has 7 nitrogen and oxygen atoms in total. The second-order valence-corrected chi connectivity index (χ2v) is 3.58. The van der Waals surface area contributed by atoms with Crippen molar-refractivity contribution in [3.05, 3.63) is 24.0 Å². The van der Waals surface area contributed by atoms with Gasteiger partial charge in [-0.05, 0) is 12.1 Å². The Morgan fingerprint density at radius 3 is 2.12 bits per heavy atom. The Morgan fingerprint density at radius 1 is 1.12 bits per heavy atom. The van der Waals surface area contributed by atoms with Crippen LogP contribution in [0.2, 0.25) is 0 Å². The summed E-state index contributed by atoms with van der Waals surface area (Å²) >= 11 is 0. The van der Waals surface area contributed by atoms with Crippen LogP contribution in [-0.4, -0.2) is 47.1 Å². The van der Waals surface area contributed by atoms with Crippen molar-refractivity contribution in [1.29, 1.82) is 0 Å². The van der Waals surface area contributed by atoms with Gasteiger partial charge in [0.25, 0.3) is 0 Å². The molecule has 5 N–H and O–H groups in total. The Hall–Kier alpha value is -2.15. The maximum Gasteiger partial charge on any atom is 0.231 e. The highest BCUT2D eigenvalue weighted by Gasteiger charge is 2.16. The van der Waals surface area contributed by atoms with E-state index in [1.165, 1.54) is 4.90 Å². The number of aromatic amines is 1. The van der Waals surface area contributed by atoms with Crippen LogP contribution in [0, 0.1) is 0 Å². The number of carbonyl (C=O) groups excluding carboxylic acids is 3. The lowest BCUT2D eigenvalue weighted by atomic mass is 10.2. The number of hydrogen-bond donors (Lipinski definition) is 3. The van der Waals surface area contributed by atoms with E-state index < -0.39 is 11.8 Å². The number of ketones is 1. The number of nitrogens with one attached hydrogen (secondary N) is 1. The zero-order chi connectivity index (χ0) is 12.8. The molecular formula is C10H14N4O3. The summed E-state index contributed by atoms with van der Waals surface area (Å²) in [4.78, 5) is 37.3. The zero-order valence-corrected chi connectivity index (χ0v) is 9.18. The van der Waals surface area contributed by atoms with Crippen molar-refractivity contribution in [2.75, 3.05) is 19.6 Å². The van der Waals surface area contributed by atoms with E-state index in [4.69, 9.17) is 11.5 Å². The largest absolute Gasteiger partial charge is 0.369 e. The highest BCUT2D eigenvalue weighted by molar-refractivity contribution is 5.96. The summed E-state index contributed by atoms with van der Waals surface area (Å²) in [5, 5.41) is 0. The molecule has 0 radical (unpaired) electrons. The minimum absolute atomic E-state index is 0.0909. The van der Waals surface area contributed by atoms with Gasteiger partial charge >= 0.3 is 0 Å². The van der Waals surface area contributed by atoms with Crippen molar-refractivity contribution in [3.63, 3.8) is 0 Å². The van der Waals surface area contributed by atoms with Gasteiger partial charge in [0, 0.05) is 6.20 Å². The Morgan fingerprint density at radius 2 is 1.71 bits per heavy atom. The van der Waals surface area contributed by atoms with Crippen LogP contribution in [0.5, 0.6) is 0 Å². The number of Topliss-reactive ketones (excluding diaryl/α,β-unsaturated/α-hetero) is 1. The second-order valence-electron chi connectivity index (χ2n) is 3.58. The number of carbonyl (C=O) groups is 3. The molecule has 1 aromatic heterocycles. The van der Waals surface area contributed by atoms with Gasteiger partial charge in [0.1, 0.15) is 0 Å². The van der Waals surface area contributed by atoms with Crippen LogP contribution in [0.1, 0.15) is 10.5 Å². The van der Waals surface area contributed by atoms with Gasteiger partial charge in [0.2, 0.25) is 11.8 Å². The Kier molecular flexibility index (Phi) is 4.41. The molecule has 1 rings (SSSR count). The molecule has 0 aliphatic heterocycles. The molecule has 0 saturated heterocycles. The van der Waals surface area contributed by atoms with Crippen molar-refractivity contribution in [2.24, 2.45) is 11.5 Å². The van der Waals surface area contributed by atoms with Crippen LogP contribution in [-0.2, 0) is 9.59 Å². The average Bonchev–Trinajstić information content (AvgIpc) is 2.67. The molecule has 0 aliphatic carbocycles. The second kappa shape index (κ2) is 5.80. The number of nitrogens with zero attached hydrogens (tertiary/aromatic N) is 1. The number of aromatic nitrogens is 1. The molecule has 17 heavy (non-hydrogen) atoms. The third-order valence-corrected chi connectivity index (χ3v) is 2.02. The van der Waals surface area contributed by atoms with Gasteiger partial charge < -0.3 is 16.5 Å². The third-order valence-electron chi connectivity index (χ3n) is 2.02. The molecule has 0 spiro atoms. The van der Waals surface area contributed by atoms with Gasteiger partial charge in [-0.2, -0.15) is 0 Å². The molecule has 0 aliphatic rings. The fourth-order valence-corrected chi connectivity index (χ4v) is 1.40. The minimum atomic E-state index is -0.620. The van der Waals surface area contributed by atoms with E-state index in [1.54, 1.807) is 18.3 Å². The van der Waals surface area contributed by atoms with Crippen molar-refractivity contribution in [3.8, 4) is 0 Å². The van der Waals surface area contributed by atoms with E-state index >= 15 is 0 Å². The first-order valence-electron chi connectivity index (χ1n) is 4.94. The lowest BCUT2D eigenvalue weighted by Gasteiger charge is -2.17. The predicted molar refractivity (Wildman–Crippen MR) is 60.0 cm³/mol. The lowest BCUT2D eigenvalue weighted by Crippen LogP contribution is -2.42. The van der Waals surface area contributed by atoms with Crippen LogP contribution in [0.3, 0.4) is 0 Å². The molecular weight excluding hydrogens is 224 g/mol. The Balaban J connectivity index is 2.62. The first-order valence-corrected chi connectivity index (χ1v) is 4.94. The van der Waals surface area contributed by atoms with E-state index in [1.807, 2.05) is 0 Å². The van der Waals surface area contributed by atoms with Gasteiger partial charge in [0.15, 0.2) is 5.78 Å². The van der Waals surface area contributed by atoms with Crippen molar-refractivity contribution >= 4 is 17.6 Å². The van der Waals surface area contributed by atoms with E-state index in [0.717, 1.165) is 0 Å². The normalized spacial score (nSPS) is 10.4. The van der Waals surface area contributed by atoms with Gasteiger partial charge in [-0.25, -0.2) is 0 Å². The van der Waals surface area contributed by atoms with Crippen LogP contribution < -0.4 is 11.5 Å². The van der Waals surface area contributed by atoms with Crippen LogP contribution in [0.4, 0.5) is 0 Å². The first kappa shape index (κ1) is 12.9. The number of H-pyrrole nitrogens is 1. The molecule has 0 atom stereocenters. The quantitative estimate of drug-likeness (QED) is 0.499. The van der Waals surface area contributed by atoms with Crippen LogP contribution in [0.25, 0.3) is 0 Å². The smallest absolute Gasteiger partial charge is 0.231 e. The summed E-state index contributed by atoms with van der Waals surface area (Å²) in [6, 6.07) is 3.29. The maximum absolute atomic E-state index is 11.7. The number of nitrogens with two attached hydrogens (primary N) is 2. The highest BCUT2D eigenvalue weighted by Crippen LogP contribution is 1.99. The molecule has 0 fully saturated rings. The molecule has 1 heterocycles. The van der Waals surface area contributed by atoms with Gasteiger partial charge in [0.05, 0.1) is 25.3 Å². The van der Waals surface area contributed by atoms with Crippen molar-refractivity contribution < 1.29 is 14.4 Å². The van der Waals surface area contributed by atoms with E-state index in [9.17, 15) is 14.4 Å². The summed E-state index contributed by atoms with van der Waals surface area (Å²) in [5.74, 6) is -1.48. The van der Waals surface area contributed by atoms with Gasteiger partial charge in [-0.15, -0.1) is 0 Å². The first-order chi connectivity index (χ1) is 7.99. The minimum Gasteiger partial charge on any atom is -0.369 e. The average molecular weight is 238 g/mol. The maximum atomic E-state index is 11.7. The number of amides is 2. The summed E-state index contributed by atoms with van der Waals surface area (Å²) in [5.41, 5.74) is 10.4. The Bertz CT molecular complexity index is 397. The lowest BCUT2D eigenvalue weighted by molar-refractivity contribution is -0.121.